The van der Waals surface area contributed by atoms with Gasteiger partial charge in [0.05, 0.1) is 6.42 Å². The molecule has 0 spiro atoms. The number of H-pyrrole nitrogens is 1. The molecule has 2 N–H and O–H groups in total. The van der Waals surface area contributed by atoms with Crippen LogP contribution >= 0.6 is 0 Å². The minimum Gasteiger partial charge on any atom is -0.361 e. The Morgan fingerprint density at radius 2 is 1.51 bits per heavy atom. The van der Waals surface area contributed by atoms with Crippen LogP contribution in [0.4, 0.5) is 5.69 Å². The molecule has 5 nitrogen and oxygen atoms in total. The number of fused-ring (bicyclic) bond motifs is 1. The largest absolute Gasteiger partial charge is 0.361 e. The van der Waals surface area contributed by atoms with Gasteiger partial charge >= 0.3 is 0 Å². The van der Waals surface area contributed by atoms with Crippen molar-refractivity contribution in [3.63, 3.8) is 0 Å². The monoisotopic (exact) mass is 465 g/mol. The smallest absolute Gasteiger partial charge is 0.248 e. The van der Waals surface area contributed by atoms with Crippen LogP contribution < -0.4 is 10.2 Å². The van der Waals surface area contributed by atoms with Crippen LogP contribution in [0.5, 0.6) is 0 Å². The van der Waals surface area contributed by atoms with Gasteiger partial charge in [0.1, 0.15) is 6.04 Å². The summed E-state index contributed by atoms with van der Waals surface area (Å²) in [6, 6.07) is 26.5. The molecule has 0 aliphatic heterocycles. The number of aromatic amines is 1. The van der Waals surface area contributed by atoms with E-state index in [4.69, 9.17) is 0 Å². The highest BCUT2D eigenvalue weighted by atomic mass is 16.2. The highest BCUT2D eigenvalue weighted by molar-refractivity contribution is 6.03. The van der Waals surface area contributed by atoms with Crippen molar-refractivity contribution in [2.75, 3.05) is 4.90 Å². The third kappa shape index (κ3) is 5.14. The first-order valence-electron chi connectivity index (χ1n) is 12.5. The molecule has 1 aliphatic carbocycles. The van der Waals surface area contributed by atoms with Crippen molar-refractivity contribution < 1.29 is 9.59 Å². The van der Waals surface area contributed by atoms with E-state index >= 15 is 0 Å². The normalized spacial score (nSPS) is 15.0. The zero-order valence-electron chi connectivity index (χ0n) is 19.8. The second-order valence-corrected chi connectivity index (χ2v) is 9.29. The lowest BCUT2D eigenvalue weighted by Gasteiger charge is -2.33. The predicted octanol–water partition coefficient (Wildman–Crippen LogP) is 5.93. The van der Waals surface area contributed by atoms with Gasteiger partial charge in [-0.05, 0) is 42.2 Å². The van der Waals surface area contributed by atoms with Crippen molar-refractivity contribution in [1.29, 1.82) is 0 Å². The fourth-order valence-electron chi connectivity index (χ4n) is 5.13. The van der Waals surface area contributed by atoms with Gasteiger partial charge in [-0.25, -0.2) is 0 Å². The third-order valence-corrected chi connectivity index (χ3v) is 6.89. The third-order valence-electron chi connectivity index (χ3n) is 6.89. The van der Waals surface area contributed by atoms with Crippen LogP contribution in [0.3, 0.4) is 0 Å². The lowest BCUT2D eigenvalue weighted by Crippen LogP contribution is -2.47. The standard InChI is InChI=1S/C30H31N3O2/c34-28(20-23-21-31-27-19-11-10-18-26(23)27)33(25-16-8-3-9-17-25)29(22-12-4-1-5-13-22)30(35)32-24-14-6-2-7-15-24/h1,3-5,8-13,16-19,21,24,29,31H,2,6-7,14-15,20H2,(H,32,35). The van der Waals surface area contributed by atoms with Crippen LogP contribution in [0.15, 0.2) is 91.1 Å². The molecule has 1 unspecified atom stereocenters. The minimum absolute atomic E-state index is 0.117. The highest BCUT2D eigenvalue weighted by Gasteiger charge is 2.34. The lowest BCUT2D eigenvalue weighted by molar-refractivity contribution is -0.127. The van der Waals surface area contributed by atoms with Gasteiger partial charge in [0, 0.05) is 28.8 Å². The lowest BCUT2D eigenvalue weighted by atomic mass is 9.94. The quantitative estimate of drug-likeness (QED) is 0.355. The topological polar surface area (TPSA) is 65.2 Å². The molecule has 3 aromatic carbocycles. The SMILES string of the molecule is O=C(NC1CCCCC1)C(c1ccccc1)N(C(=O)Cc1c[nH]c2ccccc12)c1ccccc1. The van der Waals surface area contributed by atoms with E-state index in [2.05, 4.69) is 10.3 Å². The number of hydrogen-bond acceptors (Lipinski definition) is 2. The molecule has 1 saturated carbocycles. The molecule has 0 radical (unpaired) electrons. The van der Waals surface area contributed by atoms with E-state index in [0.717, 1.165) is 47.7 Å². The summed E-state index contributed by atoms with van der Waals surface area (Å²) in [5.74, 6) is -0.243. The zero-order chi connectivity index (χ0) is 24.0. The number of carbonyl (C=O) groups is 2. The number of benzene rings is 3. The van der Waals surface area contributed by atoms with Gasteiger partial charge in [0.15, 0.2) is 0 Å². The Balaban J connectivity index is 1.52. The average molecular weight is 466 g/mol. The molecule has 5 heteroatoms. The van der Waals surface area contributed by atoms with Gasteiger partial charge in [0.2, 0.25) is 11.8 Å². The summed E-state index contributed by atoms with van der Waals surface area (Å²) in [6.07, 6.45) is 7.54. The van der Waals surface area contributed by atoms with E-state index < -0.39 is 6.04 Å². The van der Waals surface area contributed by atoms with Gasteiger partial charge in [-0.2, -0.15) is 0 Å². The molecule has 1 aromatic heterocycles. The molecule has 0 bridgehead atoms. The van der Waals surface area contributed by atoms with Gasteiger partial charge in [-0.3, -0.25) is 14.5 Å². The Morgan fingerprint density at radius 1 is 0.857 bits per heavy atom. The van der Waals surface area contributed by atoms with E-state index in [1.165, 1.54) is 6.42 Å². The van der Waals surface area contributed by atoms with Crippen molar-refractivity contribution in [3.8, 4) is 0 Å². The summed E-state index contributed by atoms with van der Waals surface area (Å²) >= 11 is 0. The molecule has 1 heterocycles. The number of rotatable bonds is 7. The molecule has 0 saturated heterocycles. The highest BCUT2D eigenvalue weighted by Crippen LogP contribution is 2.30. The molecule has 2 amide bonds. The second kappa shape index (κ2) is 10.6. The van der Waals surface area contributed by atoms with E-state index in [1.54, 1.807) is 4.90 Å². The number of nitrogens with zero attached hydrogens (tertiary/aromatic N) is 1. The zero-order valence-corrected chi connectivity index (χ0v) is 19.8. The predicted molar refractivity (Wildman–Crippen MR) is 140 cm³/mol. The van der Waals surface area contributed by atoms with Crippen molar-refractivity contribution in [1.82, 2.24) is 10.3 Å². The molecule has 35 heavy (non-hydrogen) atoms. The number of aromatic nitrogens is 1. The van der Waals surface area contributed by atoms with Gasteiger partial charge in [-0.1, -0.05) is 86.0 Å². The number of amides is 2. The van der Waals surface area contributed by atoms with E-state index in [1.807, 2.05) is 91.1 Å². The Kier molecular flexibility index (Phi) is 6.94. The van der Waals surface area contributed by atoms with E-state index in [9.17, 15) is 9.59 Å². The number of carbonyl (C=O) groups excluding carboxylic acids is 2. The minimum atomic E-state index is -0.752. The fraction of sp³-hybridized carbons (Fsp3) is 0.267. The molecule has 178 valence electrons. The van der Waals surface area contributed by atoms with Gasteiger partial charge in [0.25, 0.3) is 0 Å². The van der Waals surface area contributed by atoms with Crippen LogP contribution in [-0.4, -0.2) is 22.8 Å². The molecule has 1 atom stereocenters. The Morgan fingerprint density at radius 3 is 2.26 bits per heavy atom. The molecule has 5 rings (SSSR count). The fourth-order valence-corrected chi connectivity index (χ4v) is 5.13. The molecule has 4 aromatic rings. The number of nitrogens with one attached hydrogen (secondary N) is 2. The van der Waals surface area contributed by atoms with Gasteiger partial charge in [-0.15, -0.1) is 0 Å². The Hall–Kier alpha value is -3.86. The van der Waals surface area contributed by atoms with Gasteiger partial charge < -0.3 is 10.3 Å². The Labute approximate surface area is 206 Å². The Bertz CT molecular complexity index is 1280. The maximum absolute atomic E-state index is 14.0. The summed E-state index contributed by atoms with van der Waals surface area (Å²) in [7, 11) is 0. The summed E-state index contributed by atoms with van der Waals surface area (Å²) in [4.78, 5) is 32.8. The second-order valence-electron chi connectivity index (χ2n) is 9.29. The molecule has 1 fully saturated rings. The van der Waals surface area contributed by atoms with Crippen LogP contribution in [0, 0.1) is 0 Å². The van der Waals surface area contributed by atoms with Crippen LogP contribution in [-0.2, 0) is 16.0 Å². The first-order chi connectivity index (χ1) is 17.2. The molecular weight excluding hydrogens is 434 g/mol. The summed E-state index contributed by atoms with van der Waals surface area (Å²) in [6.45, 7) is 0. The summed E-state index contributed by atoms with van der Waals surface area (Å²) in [5, 5.41) is 4.30. The van der Waals surface area contributed by atoms with Crippen LogP contribution in [0.1, 0.15) is 49.3 Å². The maximum Gasteiger partial charge on any atom is 0.248 e. The van der Waals surface area contributed by atoms with Crippen molar-refractivity contribution in [3.05, 3.63) is 102 Å². The maximum atomic E-state index is 14.0. The first-order valence-corrected chi connectivity index (χ1v) is 12.5. The first kappa shape index (κ1) is 22.9. The van der Waals surface area contributed by atoms with Crippen LogP contribution in [0.2, 0.25) is 0 Å². The average Bonchev–Trinajstić information content (AvgIpc) is 3.31. The van der Waals surface area contributed by atoms with E-state index in [-0.39, 0.29) is 24.3 Å². The van der Waals surface area contributed by atoms with Crippen LogP contribution in [0.25, 0.3) is 10.9 Å². The molecular formula is C30H31N3O2. The number of para-hydroxylation sites is 2. The molecule has 1 aliphatic rings. The van der Waals surface area contributed by atoms with Crippen molar-refractivity contribution in [2.45, 2.75) is 50.6 Å². The summed E-state index contributed by atoms with van der Waals surface area (Å²) in [5.41, 5.74) is 3.43. The van der Waals surface area contributed by atoms with Crippen molar-refractivity contribution in [2.24, 2.45) is 0 Å². The summed E-state index contributed by atoms with van der Waals surface area (Å²) < 4.78 is 0. The van der Waals surface area contributed by atoms with E-state index in [0.29, 0.717) is 5.69 Å². The number of anilines is 1. The van der Waals surface area contributed by atoms with Crippen molar-refractivity contribution >= 4 is 28.4 Å². The number of hydrogen-bond donors (Lipinski definition) is 2.